The summed E-state index contributed by atoms with van der Waals surface area (Å²) in [4.78, 5) is 12.2. The molecule has 6 heteroatoms. The van der Waals surface area contributed by atoms with Crippen LogP contribution < -0.4 is 5.32 Å². The van der Waals surface area contributed by atoms with Gasteiger partial charge in [0.2, 0.25) is 0 Å². The summed E-state index contributed by atoms with van der Waals surface area (Å²) in [6, 6.07) is 3.73. The summed E-state index contributed by atoms with van der Waals surface area (Å²) in [6.45, 7) is 2.28. The summed E-state index contributed by atoms with van der Waals surface area (Å²) < 4.78 is 15.0. The van der Waals surface area contributed by atoms with Gasteiger partial charge >= 0.3 is 0 Å². The Balaban J connectivity index is 2.27. The summed E-state index contributed by atoms with van der Waals surface area (Å²) in [5.74, 6) is 4.06. The maximum Gasteiger partial charge on any atom is 0.257 e. The number of amides is 1. The fraction of sp³-hybridized carbons (Fsp3) is 0.200. The molecule has 108 valence electrons. The largest absolute Gasteiger partial charge is 0.384 e. The number of rotatable bonds is 3. The van der Waals surface area contributed by atoms with Crippen LogP contribution in [0.1, 0.15) is 22.8 Å². The van der Waals surface area contributed by atoms with Gasteiger partial charge in [0.05, 0.1) is 17.4 Å². The minimum atomic E-state index is -0.529. The van der Waals surface area contributed by atoms with Crippen LogP contribution in [0.4, 0.5) is 10.1 Å². The molecule has 0 spiro atoms. The highest BCUT2D eigenvalue weighted by molar-refractivity contribution is 6.05. The van der Waals surface area contributed by atoms with Crippen molar-refractivity contribution in [3.05, 3.63) is 47.5 Å². The molecule has 0 saturated heterocycles. The van der Waals surface area contributed by atoms with Crippen molar-refractivity contribution in [2.75, 3.05) is 11.9 Å². The number of hydrogen-bond acceptors (Lipinski definition) is 3. The van der Waals surface area contributed by atoms with E-state index in [0.717, 1.165) is 6.07 Å². The summed E-state index contributed by atoms with van der Waals surface area (Å²) >= 11 is 0. The van der Waals surface area contributed by atoms with E-state index in [-0.39, 0.29) is 12.2 Å². The SMILES string of the molecule is CCn1cc(NC(=O)c2cc(F)ccc2C#CCO)cn1. The first-order valence-electron chi connectivity index (χ1n) is 6.37. The smallest absolute Gasteiger partial charge is 0.257 e. The van der Waals surface area contributed by atoms with Crippen molar-refractivity contribution in [3.8, 4) is 11.8 Å². The van der Waals surface area contributed by atoms with Crippen molar-refractivity contribution in [1.29, 1.82) is 0 Å². The lowest BCUT2D eigenvalue weighted by molar-refractivity contribution is 0.102. The van der Waals surface area contributed by atoms with E-state index in [1.807, 2.05) is 6.92 Å². The molecular weight excluding hydrogens is 273 g/mol. The molecule has 5 nitrogen and oxygen atoms in total. The molecule has 0 unspecified atom stereocenters. The van der Waals surface area contributed by atoms with Gasteiger partial charge in [-0.3, -0.25) is 9.48 Å². The molecule has 21 heavy (non-hydrogen) atoms. The standard InChI is InChI=1S/C15H14FN3O2/c1-2-19-10-13(9-17-19)18-15(21)14-8-12(16)6-5-11(14)4-3-7-20/h5-6,8-10,20H,2,7H2,1H3,(H,18,21). The highest BCUT2D eigenvalue weighted by Crippen LogP contribution is 2.14. The molecule has 0 aliphatic rings. The predicted molar refractivity (Wildman–Crippen MR) is 76.2 cm³/mol. The molecule has 0 aliphatic heterocycles. The predicted octanol–water partition coefficient (Wildman–Crippen LogP) is 1.64. The average Bonchev–Trinajstić information content (AvgIpc) is 2.93. The fourth-order valence-electron chi connectivity index (χ4n) is 1.75. The summed E-state index contributed by atoms with van der Waals surface area (Å²) in [6.07, 6.45) is 3.19. The van der Waals surface area contributed by atoms with Crippen molar-refractivity contribution in [2.45, 2.75) is 13.5 Å². The topological polar surface area (TPSA) is 67.2 Å². The van der Waals surface area contributed by atoms with E-state index in [1.165, 1.54) is 18.3 Å². The minimum absolute atomic E-state index is 0.111. The molecule has 2 aromatic rings. The summed E-state index contributed by atoms with van der Waals surface area (Å²) in [5, 5.41) is 15.4. The quantitative estimate of drug-likeness (QED) is 0.843. The van der Waals surface area contributed by atoms with Crippen LogP contribution in [0, 0.1) is 17.7 Å². The van der Waals surface area contributed by atoms with Crippen molar-refractivity contribution in [2.24, 2.45) is 0 Å². The van der Waals surface area contributed by atoms with Gasteiger partial charge in [0, 0.05) is 18.3 Å². The molecule has 1 aromatic heterocycles. The maximum absolute atomic E-state index is 13.3. The van der Waals surface area contributed by atoms with Crippen molar-refractivity contribution in [1.82, 2.24) is 9.78 Å². The lowest BCUT2D eigenvalue weighted by Crippen LogP contribution is -2.13. The zero-order valence-electron chi connectivity index (χ0n) is 11.4. The van der Waals surface area contributed by atoms with Crippen molar-refractivity contribution in [3.63, 3.8) is 0 Å². The van der Waals surface area contributed by atoms with Crippen LogP contribution in [0.3, 0.4) is 0 Å². The van der Waals surface area contributed by atoms with Gasteiger partial charge in [0.15, 0.2) is 0 Å². The van der Waals surface area contributed by atoms with Gasteiger partial charge in [-0.1, -0.05) is 11.8 Å². The highest BCUT2D eigenvalue weighted by atomic mass is 19.1. The first-order chi connectivity index (χ1) is 10.1. The van der Waals surface area contributed by atoms with Gasteiger partial charge in [-0.25, -0.2) is 4.39 Å². The second kappa shape index (κ2) is 6.68. The third-order valence-corrected chi connectivity index (χ3v) is 2.74. The van der Waals surface area contributed by atoms with E-state index in [9.17, 15) is 9.18 Å². The van der Waals surface area contributed by atoms with E-state index in [2.05, 4.69) is 22.3 Å². The molecule has 1 amide bonds. The van der Waals surface area contributed by atoms with Gasteiger partial charge in [-0.2, -0.15) is 5.10 Å². The molecule has 2 rings (SSSR count). The number of aryl methyl sites for hydroxylation is 1. The number of aromatic nitrogens is 2. The number of aliphatic hydroxyl groups excluding tert-OH is 1. The Morgan fingerprint density at radius 1 is 1.52 bits per heavy atom. The molecule has 0 aliphatic carbocycles. The molecule has 2 N–H and O–H groups in total. The number of aliphatic hydroxyl groups is 1. The fourth-order valence-corrected chi connectivity index (χ4v) is 1.75. The monoisotopic (exact) mass is 287 g/mol. The second-order valence-corrected chi connectivity index (χ2v) is 4.19. The van der Waals surface area contributed by atoms with Crippen molar-refractivity contribution < 1.29 is 14.3 Å². The molecule has 0 bridgehead atoms. The Hall–Kier alpha value is -2.65. The number of nitrogens with one attached hydrogen (secondary N) is 1. The number of carbonyl (C=O) groups excluding carboxylic acids is 1. The number of halogens is 1. The first-order valence-corrected chi connectivity index (χ1v) is 6.37. The summed E-state index contributed by atoms with van der Waals surface area (Å²) in [5.41, 5.74) is 0.984. The Bertz CT molecular complexity index is 713. The van der Waals surface area contributed by atoms with Crippen LogP contribution in [0.5, 0.6) is 0 Å². The Kier molecular flexibility index (Phi) is 4.69. The van der Waals surface area contributed by atoms with Gasteiger partial charge in [-0.15, -0.1) is 0 Å². The molecule has 1 aromatic carbocycles. The number of nitrogens with zero attached hydrogens (tertiary/aromatic N) is 2. The Morgan fingerprint density at radius 3 is 3.00 bits per heavy atom. The van der Waals surface area contributed by atoms with E-state index in [4.69, 9.17) is 5.11 Å². The third-order valence-electron chi connectivity index (χ3n) is 2.74. The van der Waals surface area contributed by atoms with Crippen LogP contribution in [0.25, 0.3) is 0 Å². The normalized spacial score (nSPS) is 9.86. The van der Waals surface area contributed by atoms with E-state index in [1.54, 1.807) is 10.9 Å². The molecule has 0 radical (unpaired) electrons. The Labute approximate surface area is 121 Å². The van der Waals surface area contributed by atoms with Gasteiger partial charge in [0.1, 0.15) is 12.4 Å². The zero-order chi connectivity index (χ0) is 15.2. The Morgan fingerprint density at radius 2 is 2.33 bits per heavy atom. The lowest BCUT2D eigenvalue weighted by atomic mass is 10.1. The molecular formula is C15H14FN3O2. The number of benzene rings is 1. The lowest BCUT2D eigenvalue weighted by Gasteiger charge is -2.05. The zero-order valence-corrected chi connectivity index (χ0v) is 11.4. The minimum Gasteiger partial charge on any atom is -0.384 e. The average molecular weight is 287 g/mol. The van der Waals surface area contributed by atoms with E-state index >= 15 is 0 Å². The van der Waals surface area contributed by atoms with E-state index < -0.39 is 11.7 Å². The van der Waals surface area contributed by atoms with Crippen molar-refractivity contribution >= 4 is 11.6 Å². The van der Waals surface area contributed by atoms with Crippen LogP contribution in [0.15, 0.2) is 30.6 Å². The molecule has 0 atom stereocenters. The van der Waals surface area contributed by atoms with Gasteiger partial charge in [-0.05, 0) is 25.1 Å². The van der Waals surface area contributed by atoms with Crippen LogP contribution in [-0.4, -0.2) is 27.4 Å². The molecule has 1 heterocycles. The third kappa shape index (κ3) is 3.68. The molecule has 0 saturated carbocycles. The van der Waals surface area contributed by atoms with Gasteiger partial charge < -0.3 is 10.4 Å². The molecule has 0 fully saturated rings. The van der Waals surface area contributed by atoms with Gasteiger partial charge in [0.25, 0.3) is 5.91 Å². The highest BCUT2D eigenvalue weighted by Gasteiger charge is 2.12. The van der Waals surface area contributed by atoms with E-state index in [0.29, 0.717) is 17.8 Å². The number of carbonyl (C=O) groups is 1. The van der Waals surface area contributed by atoms with Crippen LogP contribution in [0.2, 0.25) is 0 Å². The number of anilines is 1. The second-order valence-electron chi connectivity index (χ2n) is 4.19. The summed E-state index contributed by atoms with van der Waals surface area (Å²) in [7, 11) is 0. The van der Waals surface area contributed by atoms with Crippen LogP contribution in [-0.2, 0) is 6.54 Å². The number of hydrogen-bond donors (Lipinski definition) is 2. The maximum atomic E-state index is 13.3. The first kappa shape index (κ1) is 14.8. The van der Waals surface area contributed by atoms with Crippen LogP contribution >= 0.6 is 0 Å².